The Bertz CT molecular complexity index is 425. The summed E-state index contributed by atoms with van der Waals surface area (Å²) in [5.74, 6) is 0. The molecule has 0 radical (unpaired) electrons. The van der Waals surface area contributed by atoms with Crippen molar-refractivity contribution < 1.29 is 18.8 Å². The molecule has 0 aliphatic carbocycles. The lowest BCUT2D eigenvalue weighted by molar-refractivity contribution is 0.152. The van der Waals surface area contributed by atoms with Gasteiger partial charge in [0.1, 0.15) is 0 Å². The van der Waals surface area contributed by atoms with Crippen LogP contribution in [0.5, 0.6) is 0 Å². The first-order chi connectivity index (χ1) is 9.12. The molecule has 3 N–H and O–H groups in total. The van der Waals surface area contributed by atoms with E-state index in [9.17, 15) is 4.57 Å². The van der Waals surface area contributed by atoms with Crippen molar-refractivity contribution in [3.05, 3.63) is 0 Å². The Morgan fingerprint density at radius 3 is 2.10 bits per heavy atom. The van der Waals surface area contributed by atoms with Crippen LogP contribution in [0.4, 0.5) is 0 Å². The van der Waals surface area contributed by atoms with Gasteiger partial charge in [-0.05, 0) is 39.9 Å². The molecule has 0 atom stereocenters. The van der Waals surface area contributed by atoms with E-state index in [-0.39, 0.29) is 10.6 Å². The van der Waals surface area contributed by atoms with Gasteiger partial charge in [-0.25, -0.2) is 5.01 Å². The molecule has 0 aliphatic rings. The van der Waals surface area contributed by atoms with Crippen LogP contribution in [-0.4, -0.2) is 46.3 Å². The summed E-state index contributed by atoms with van der Waals surface area (Å²) in [5.41, 5.74) is 5.01. The average molecular weight is 324 g/mol. The summed E-state index contributed by atoms with van der Waals surface area (Å²) in [6.45, 7) is 6.74. The minimum Gasteiger partial charge on any atom is -0.410 e. The lowest BCUT2D eigenvalue weighted by Crippen LogP contribution is -2.27. The summed E-state index contributed by atoms with van der Waals surface area (Å²) in [6.07, 6.45) is 0.251. The number of hydrazone groups is 1. The van der Waals surface area contributed by atoms with Crippen LogP contribution in [0.1, 0.15) is 27.7 Å². The van der Waals surface area contributed by atoms with Crippen molar-refractivity contribution in [1.82, 2.24) is 5.01 Å². The monoisotopic (exact) mass is 324 g/mol. The highest BCUT2D eigenvalue weighted by Crippen LogP contribution is 2.51. The van der Waals surface area contributed by atoms with Crippen molar-refractivity contribution in [2.24, 2.45) is 16.0 Å². The summed E-state index contributed by atoms with van der Waals surface area (Å²) in [6, 6.07) is 0. The molecule has 0 amide bonds. The molecular formula is C10H21N4O4PS. The Balaban J connectivity index is 5.31. The fourth-order valence-corrected chi connectivity index (χ4v) is 2.76. The largest absolute Gasteiger partial charge is 0.410 e. The van der Waals surface area contributed by atoms with Gasteiger partial charge >= 0.3 is 7.60 Å². The minimum atomic E-state index is -3.79. The van der Waals surface area contributed by atoms with Crippen LogP contribution < -0.4 is 5.73 Å². The van der Waals surface area contributed by atoms with Gasteiger partial charge in [0.15, 0.2) is 5.11 Å². The molecule has 0 saturated heterocycles. The summed E-state index contributed by atoms with van der Waals surface area (Å²) in [4.78, 5) is 0. The quantitative estimate of drug-likeness (QED) is 0.242. The highest BCUT2D eigenvalue weighted by atomic mass is 32.1. The van der Waals surface area contributed by atoms with Crippen molar-refractivity contribution in [3.8, 4) is 0 Å². The summed E-state index contributed by atoms with van der Waals surface area (Å²) in [5, 5.41) is 16.9. The smallest absolute Gasteiger partial charge is 0.385 e. The lowest BCUT2D eigenvalue weighted by Gasteiger charge is -2.21. The van der Waals surface area contributed by atoms with E-state index in [1.807, 2.05) is 0 Å². The van der Waals surface area contributed by atoms with Crippen molar-refractivity contribution in [1.29, 1.82) is 0 Å². The van der Waals surface area contributed by atoms with Crippen molar-refractivity contribution in [3.63, 3.8) is 0 Å². The fraction of sp³-hybridized carbons (Fsp3) is 0.700. The molecule has 0 spiro atoms. The van der Waals surface area contributed by atoms with E-state index in [0.29, 0.717) is 0 Å². The molecule has 8 nitrogen and oxygen atoms in total. The van der Waals surface area contributed by atoms with E-state index >= 15 is 0 Å². The molecule has 116 valence electrons. The zero-order valence-electron chi connectivity index (χ0n) is 12.2. The molecule has 0 fully saturated rings. The third kappa shape index (κ3) is 6.42. The first-order valence-corrected chi connectivity index (χ1v) is 7.84. The van der Waals surface area contributed by atoms with Crippen LogP contribution >= 0.6 is 19.8 Å². The highest BCUT2D eigenvalue weighted by molar-refractivity contribution is 7.80. The predicted octanol–water partition coefficient (Wildman–Crippen LogP) is 1.98. The standard InChI is InChI=1S/C10H21N4O4PS/c1-7(2)17-19(16,18-8(3)4)9(13-15)6-12-14(5)10(11)20/h6-8,15H,1-5H3,(H2,11,20)/b12-6+,13-9+. The van der Waals surface area contributed by atoms with E-state index in [2.05, 4.69) is 10.3 Å². The van der Waals surface area contributed by atoms with Gasteiger partial charge in [0.05, 0.1) is 18.4 Å². The molecule has 0 aromatic rings. The second-order valence-corrected chi connectivity index (χ2v) is 6.66. The number of thiocarbonyl (C=S) groups is 1. The summed E-state index contributed by atoms with van der Waals surface area (Å²) >= 11 is 4.70. The van der Waals surface area contributed by atoms with Crippen molar-refractivity contribution >= 4 is 36.6 Å². The van der Waals surface area contributed by atoms with Gasteiger partial charge in [-0.2, -0.15) is 5.10 Å². The third-order valence-electron chi connectivity index (χ3n) is 1.75. The van der Waals surface area contributed by atoms with Gasteiger partial charge in [0.2, 0.25) is 5.45 Å². The summed E-state index contributed by atoms with van der Waals surface area (Å²) in [7, 11) is -2.30. The molecule has 0 saturated carbocycles. The van der Waals surface area contributed by atoms with Crippen LogP contribution in [0.15, 0.2) is 10.3 Å². The van der Waals surface area contributed by atoms with Gasteiger partial charge < -0.3 is 20.0 Å². The Kier molecular flexibility index (Phi) is 7.88. The van der Waals surface area contributed by atoms with Gasteiger partial charge in [0, 0.05) is 7.05 Å². The van der Waals surface area contributed by atoms with E-state index in [0.717, 1.165) is 11.2 Å². The maximum atomic E-state index is 12.6. The van der Waals surface area contributed by atoms with Crippen molar-refractivity contribution in [2.45, 2.75) is 39.9 Å². The Labute approximate surface area is 124 Å². The Hall–Kier alpha value is -1.02. The highest BCUT2D eigenvalue weighted by Gasteiger charge is 2.34. The second-order valence-electron chi connectivity index (χ2n) is 4.37. The fourth-order valence-electron chi connectivity index (χ4n) is 1.03. The van der Waals surface area contributed by atoms with Crippen LogP contribution in [0, 0.1) is 0 Å². The molecule has 10 heteroatoms. The zero-order chi connectivity index (χ0) is 15.9. The van der Waals surface area contributed by atoms with Crippen LogP contribution in [0.2, 0.25) is 0 Å². The number of nitrogens with two attached hydrogens (primary N) is 1. The molecular weight excluding hydrogens is 303 g/mol. The van der Waals surface area contributed by atoms with Crippen molar-refractivity contribution in [2.75, 3.05) is 7.05 Å². The molecule has 0 bridgehead atoms. The number of hydrogen-bond donors (Lipinski definition) is 2. The van der Waals surface area contributed by atoms with Gasteiger partial charge in [-0.3, -0.25) is 4.57 Å². The molecule has 0 aliphatic heterocycles. The lowest BCUT2D eigenvalue weighted by atomic mass is 10.5. The molecule has 0 heterocycles. The van der Waals surface area contributed by atoms with Crippen LogP contribution in [0.25, 0.3) is 0 Å². The molecule has 0 aromatic heterocycles. The minimum absolute atomic E-state index is 0.00271. The van der Waals surface area contributed by atoms with E-state index in [1.54, 1.807) is 27.7 Å². The average Bonchev–Trinajstić information content (AvgIpc) is 2.26. The summed E-state index contributed by atoms with van der Waals surface area (Å²) < 4.78 is 23.2. The second kappa shape index (κ2) is 8.31. The SMILES string of the molecule is CC(C)OP(=O)(OC(C)C)C(/C=N/N(C)C(N)=S)=N/O. The maximum Gasteiger partial charge on any atom is 0.385 e. The van der Waals surface area contributed by atoms with E-state index in [4.69, 9.17) is 32.2 Å². The number of rotatable bonds is 7. The zero-order valence-corrected chi connectivity index (χ0v) is 13.9. The Morgan fingerprint density at radius 2 is 1.80 bits per heavy atom. The van der Waals surface area contributed by atoms with Gasteiger partial charge in [-0.15, -0.1) is 0 Å². The van der Waals surface area contributed by atoms with Gasteiger partial charge in [-0.1, -0.05) is 5.16 Å². The molecule has 20 heavy (non-hydrogen) atoms. The number of oxime groups is 1. The van der Waals surface area contributed by atoms with Crippen LogP contribution in [-0.2, 0) is 13.6 Å². The first kappa shape index (κ1) is 19.0. The molecule has 0 unspecified atom stereocenters. The topological polar surface area (TPSA) is 110 Å². The van der Waals surface area contributed by atoms with E-state index < -0.39 is 19.8 Å². The Morgan fingerprint density at radius 1 is 1.35 bits per heavy atom. The maximum absolute atomic E-state index is 12.6. The number of hydrogen-bond acceptors (Lipinski definition) is 7. The predicted molar refractivity (Wildman–Crippen MR) is 82.3 cm³/mol. The molecule has 0 rings (SSSR count). The first-order valence-electron chi connectivity index (χ1n) is 5.89. The van der Waals surface area contributed by atoms with Crippen LogP contribution in [0.3, 0.4) is 0 Å². The molecule has 0 aromatic carbocycles. The number of nitrogens with zero attached hydrogens (tertiary/aromatic N) is 3. The van der Waals surface area contributed by atoms with E-state index in [1.165, 1.54) is 7.05 Å². The normalized spacial score (nSPS) is 13.4. The van der Waals surface area contributed by atoms with Gasteiger partial charge in [0.25, 0.3) is 0 Å². The third-order valence-corrected chi connectivity index (χ3v) is 4.18.